The number of hydrogen-bond donors (Lipinski definition) is 0. The van der Waals surface area contributed by atoms with E-state index in [9.17, 15) is 4.79 Å². The third kappa shape index (κ3) is 3.77. The summed E-state index contributed by atoms with van der Waals surface area (Å²) >= 11 is 5.92. The van der Waals surface area contributed by atoms with Gasteiger partial charge in [-0.05, 0) is 37.1 Å². The van der Waals surface area contributed by atoms with E-state index in [4.69, 9.17) is 11.6 Å². The fourth-order valence-electron chi connectivity index (χ4n) is 4.21. The van der Waals surface area contributed by atoms with E-state index >= 15 is 0 Å². The van der Waals surface area contributed by atoms with Gasteiger partial charge < -0.3 is 14.7 Å². The van der Waals surface area contributed by atoms with Gasteiger partial charge in [0.1, 0.15) is 18.0 Å². The monoisotopic (exact) mass is 426 g/mol. The summed E-state index contributed by atoms with van der Waals surface area (Å²) in [6, 6.07) is 7.67. The third-order valence-corrected chi connectivity index (χ3v) is 6.17. The van der Waals surface area contributed by atoms with Crippen molar-refractivity contribution in [2.24, 2.45) is 5.92 Å². The molecule has 0 N–H and O–H groups in total. The molecule has 0 atom stereocenters. The number of carbonyl (C=O) groups excluding carboxylic acids is 1. The molecule has 0 aromatic carbocycles. The van der Waals surface area contributed by atoms with Gasteiger partial charge in [-0.25, -0.2) is 4.98 Å². The van der Waals surface area contributed by atoms with Gasteiger partial charge in [-0.2, -0.15) is 4.52 Å². The lowest BCUT2D eigenvalue weighted by atomic mass is 9.95. The summed E-state index contributed by atoms with van der Waals surface area (Å²) in [5.41, 5.74) is 0.733. The van der Waals surface area contributed by atoms with Crippen molar-refractivity contribution >= 4 is 34.8 Å². The molecular formula is C20H23ClN8O. The van der Waals surface area contributed by atoms with Gasteiger partial charge in [-0.3, -0.25) is 4.79 Å². The highest BCUT2D eigenvalue weighted by Crippen LogP contribution is 2.24. The molecule has 0 radical (unpaired) electrons. The van der Waals surface area contributed by atoms with Crippen molar-refractivity contribution in [2.45, 2.75) is 12.8 Å². The van der Waals surface area contributed by atoms with Crippen LogP contribution in [-0.4, -0.2) is 74.9 Å². The van der Waals surface area contributed by atoms with Gasteiger partial charge in [-0.15, -0.1) is 15.3 Å². The molecule has 156 valence electrons. The number of piperazine rings is 1. The molecule has 9 nitrogen and oxygen atoms in total. The van der Waals surface area contributed by atoms with Crippen molar-refractivity contribution in [3.63, 3.8) is 0 Å². The van der Waals surface area contributed by atoms with Crippen molar-refractivity contribution < 1.29 is 4.79 Å². The van der Waals surface area contributed by atoms with E-state index in [-0.39, 0.29) is 11.8 Å². The van der Waals surface area contributed by atoms with Crippen LogP contribution in [0.1, 0.15) is 12.8 Å². The first-order valence-corrected chi connectivity index (χ1v) is 10.6. The van der Waals surface area contributed by atoms with E-state index in [1.165, 1.54) is 0 Å². The van der Waals surface area contributed by atoms with Crippen LogP contribution in [0.3, 0.4) is 0 Å². The number of aromatic nitrogens is 5. The van der Waals surface area contributed by atoms with Crippen molar-refractivity contribution in [1.29, 1.82) is 0 Å². The largest absolute Gasteiger partial charge is 0.355 e. The fourth-order valence-corrected chi connectivity index (χ4v) is 4.32. The number of carbonyl (C=O) groups is 1. The number of rotatable bonds is 3. The Morgan fingerprint density at radius 3 is 2.40 bits per heavy atom. The Hall–Kier alpha value is -2.94. The van der Waals surface area contributed by atoms with Crippen LogP contribution in [0.15, 0.2) is 36.8 Å². The number of hydrogen-bond acceptors (Lipinski definition) is 7. The van der Waals surface area contributed by atoms with Gasteiger partial charge in [0.05, 0.1) is 5.02 Å². The predicted octanol–water partition coefficient (Wildman–Crippen LogP) is 1.74. The van der Waals surface area contributed by atoms with Crippen molar-refractivity contribution in [3.8, 4) is 0 Å². The van der Waals surface area contributed by atoms with Crippen molar-refractivity contribution in [3.05, 3.63) is 41.8 Å². The van der Waals surface area contributed by atoms with Crippen LogP contribution in [0.2, 0.25) is 5.02 Å². The second-order valence-corrected chi connectivity index (χ2v) is 8.17. The average molecular weight is 427 g/mol. The van der Waals surface area contributed by atoms with Crippen molar-refractivity contribution in [2.75, 3.05) is 49.1 Å². The maximum Gasteiger partial charge on any atom is 0.225 e. The number of fused-ring (bicyclic) bond motifs is 1. The van der Waals surface area contributed by atoms with Gasteiger partial charge >= 0.3 is 0 Å². The number of pyridine rings is 1. The minimum atomic E-state index is 0.0834. The first-order valence-electron chi connectivity index (χ1n) is 10.2. The molecule has 2 fully saturated rings. The summed E-state index contributed by atoms with van der Waals surface area (Å²) in [4.78, 5) is 23.9. The van der Waals surface area contributed by atoms with E-state index in [1.54, 1.807) is 17.0 Å². The highest BCUT2D eigenvalue weighted by molar-refractivity contribution is 6.30. The Bertz CT molecular complexity index is 1020. The lowest BCUT2D eigenvalue weighted by Gasteiger charge is -2.39. The highest BCUT2D eigenvalue weighted by Gasteiger charge is 2.31. The SMILES string of the molecule is O=C(C1CCN(c2ccc3nncn3n2)CC1)N1CCN(c2ccc(Cl)cn2)CC1. The molecule has 1 amide bonds. The van der Waals surface area contributed by atoms with Crippen LogP contribution < -0.4 is 9.80 Å². The maximum absolute atomic E-state index is 13.0. The topological polar surface area (TPSA) is 82.8 Å². The van der Waals surface area contributed by atoms with Crippen LogP contribution in [0.25, 0.3) is 5.65 Å². The summed E-state index contributed by atoms with van der Waals surface area (Å²) in [6.07, 6.45) is 4.96. The molecule has 0 bridgehead atoms. The van der Waals surface area contributed by atoms with Crippen LogP contribution in [-0.2, 0) is 4.79 Å². The summed E-state index contributed by atoms with van der Waals surface area (Å²) in [6.45, 7) is 4.70. The number of anilines is 2. The molecule has 0 unspecified atom stereocenters. The summed E-state index contributed by atoms with van der Waals surface area (Å²) in [7, 11) is 0. The molecule has 5 rings (SSSR count). The molecule has 3 aromatic heterocycles. The van der Waals surface area contributed by atoms with Crippen LogP contribution in [0, 0.1) is 5.92 Å². The zero-order valence-electron chi connectivity index (χ0n) is 16.6. The zero-order chi connectivity index (χ0) is 20.5. The molecule has 0 aliphatic carbocycles. The van der Waals surface area contributed by atoms with E-state index in [0.717, 1.165) is 69.4 Å². The predicted molar refractivity (Wildman–Crippen MR) is 114 cm³/mol. The molecule has 5 heterocycles. The van der Waals surface area contributed by atoms with Gasteiger partial charge in [0.25, 0.3) is 0 Å². The third-order valence-electron chi connectivity index (χ3n) is 5.94. The highest BCUT2D eigenvalue weighted by atomic mass is 35.5. The first-order chi connectivity index (χ1) is 14.7. The Balaban J connectivity index is 1.15. The fraction of sp³-hybridized carbons (Fsp3) is 0.450. The molecule has 30 heavy (non-hydrogen) atoms. The molecule has 3 aromatic rings. The normalized spacial score (nSPS) is 18.2. The van der Waals surface area contributed by atoms with Crippen LogP contribution >= 0.6 is 11.6 Å². The average Bonchev–Trinajstić information content (AvgIpc) is 3.27. The summed E-state index contributed by atoms with van der Waals surface area (Å²) in [5, 5.41) is 13.1. The van der Waals surface area contributed by atoms with E-state index in [0.29, 0.717) is 5.02 Å². The Morgan fingerprint density at radius 2 is 1.67 bits per heavy atom. The van der Waals surface area contributed by atoms with Crippen molar-refractivity contribution in [1.82, 2.24) is 29.7 Å². The Labute approximate surface area is 179 Å². The minimum Gasteiger partial charge on any atom is -0.355 e. The summed E-state index contributed by atoms with van der Waals surface area (Å²) in [5.74, 6) is 2.18. The Morgan fingerprint density at radius 1 is 0.933 bits per heavy atom. The molecule has 2 aliphatic rings. The second kappa shape index (κ2) is 8.06. The lowest BCUT2D eigenvalue weighted by molar-refractivity contribution is -0.136. The van der Waals surface area contributed by atoms with Gasteiger partial charge in [0.15, 0.2) is 5.65 Å². The van der Waals surface area contributed by atoms with E-state index in [2.05, 4.69) is 30.1 Å². The molecule has 2 saturated heterocycles. The smallest absolute Gasteiger partial charge is 0.225 e. The van der Waals surface area contributed by atoms with E-state index < -0.39 is 0 Å². The maximum atomic E-state index is 13.0. The quantitative estimate of drug-likeness (QED) is 0.630. The number of amides is 1. The minimum absolute atomic E-state index is 0.0834. The zero-order valence-corrected chi connectivity index (χ0v) is 17.3. The lowest BCUT2D eigenvalue weighted by Crippen LogP contribution is -2.52. The number of nitrogens with zero attached hydrogens (tertiary/aromatic N) is 8. The molecule has 0 saturated carbocycles. The van der Waals surface area contributed by atoms with Crippen LogP contribution in [0.5, 0.6) is 0 Å². The van der Waals surface area contributed by atoms with Gasteiger partial charge in [0.2, 0.25) is 5.91 Å². The standard InChI is InChI=1S/C20H23ClN8O/c21-16-1-2-17(22-13-16)27-9-11-28(12-10-27)20(30)15-5-7-26(8-6-15)19-4-3-18-24-23-14-29(18)25-19/h1-4,13-15H,5-12H2. The second-order valence-electron chi connectivity index (χ2n) is 7.73. The van der Waals surface area contributed by atoms with Crippen LogP contribution in [0.4, 0.5) is 11.6 Å². The summed E-state index contributed by atoms with van der Waals surface area (Å²) < 4.78 is 1.68. The Kier molecular flexibility index (Phi) is 5.12. The molecule has 2 aliphatic heterocycles. The first kappa shape index (κ1) is 19.0. The molecular weight excluding hydrogens is 404 g/mol. The van der Waals surface area contributed by atoms with E-state index in [1.807, 2.05) is 29.2 Å². The van der Waals surface area contributed by atoms with Gasteiger partial charge in [-0.1, -0.05) is 11.6 Å². The molecule has 0 spiro atoms. The van der Waals surface area contributed by atoms with Gasteiger partial charge in [0, 0.05) is 51.4 Å². The number of piperidine rings is 1. The number of halogens is 1. The molecule has 10 heteroatoms.